The zero-order valence-corrected chi connectivity index (χ0v) is 17.7. The Labute approximate surface area is 186 Å². The Morgan fingerprint density at radius 1 is 1.06 bits per heavy atom. The van der Waals surface area contributed by atoms with Crippen LogP contribution < -0.4 is 24.4 Å². The Bertz CT molecular complexity index is 1100. The molecule has 0 atom stereocenters. The van der Waals surface area contributed by atoms with Gasteiger partial charge in [0.1, 0.15) is 17.2 Å². The lowest BCUT2D eigenvalue weighted by Gasteiger charge is -2.29. The molecule has 1 N–H and O–H groups in total. The number of hydrogen-bond donors (Lipinski definition) is 1. The number of benzene rings is 3. The van der Waals surface area contributed by atoms with E-state index in [9.17, 15) is 9.59 Å². The smallest absolute Gasteiger partial charge is 0.265 e. The molecule has 0 unspecified atom stereocenters. The topological polar surface area (TPSA) is 77.1 Å². The lowest BCUT2D eigenvalue weighted by atomic mass is 10.1. The SMILES string of the molecule is COc1ccccc1C(=O)Nc1ccc2c(c1)OCC(=O)N2CCCOc1ccccc1. The zero-order chi connectivity index (χ0) is 22.3. The summed E-state index contributed by atoms with van der Waals surface area (Å²) in [6.45, 7) is 0.961. The van der Waals surface area contributed by atoms with E-state index in [2.05, 4.69) is 5.32 Å². The summed E-state index contributed by atoms with van der Waals surface area (Å²) >= 11 is 0. The number of para-hydroxylation sites is 2. The summed E-state index contributed by atoms with van der Waals surface area (Å²) in [4.78, 5) is 26.8. The number of amides is 2. The lowest BCUT2D eigenvalue weighted by molar-refractivity contribution is -0.121. The highest BCUT2D eigenvalue weighted by Crippen LogP contribution is 2.35. The molecule has 2 amide bonds. The van der Waals surface area contributed by atoms with Crippen LogP contribution in [0.5, 0.6) is 17.2 Å². The van der Waals surface area contributed by atoms with E-state index in [0.717, 1.165) is 5.75 Å². The predicted octanol–water partition coefficient (Wildman–Crippen LogP) is 4.14. The number of fused-ring (bicyclic) bond motifs is 1. The van der Waals surface area contributed by atoms with Crippen LogP contribution in [0.4, 0.5) is 11.4 Å². The molecule has 0 aromatic heterocycles. The minimum atomic E-state index is -0.288. The van der Waals surface area contributed by atoms with Gasteiger partial charge in [0.2, 0.25) is 0 Å². The van der Waals surface area contributed by atoms with Gasteiger partial charge < -0.3 is 24.4 Å². The number of anilines is 2. The molecule has 1 aliphatic rings. The number of methoxy groups -OCH3 is 1. The number of hydrogen-bond acceptors (Lipinski definition) is 5. The van der Waals surface area contributed by atoms with E-state index in [1.165, 1.54) is 7.11 Å². The van der Waals surface area contributed by atoms with Gasteiger partial charge >= 0.3 is 0 Å². The number of carbonyl (C=O) groups excluding carboxylic acids is 2. The molecule has 1 heterocycles. The molecule has 1 aliphatic heterocycles. The molecule has 0 fully saturated rings. The molecule has 0 saturated carbocycles. The van der Waals surface area contributed by atoms with Crippen molar-refractivity contribution in [2.24, 2.45) is 0 Å². The number of carbonyl (C=O) groups is 2. The Balaban J connectivity index is 1.41. The van der Waals surface area contributed by atoms with E-state index in [1.54, 1.807) is 47.4 Å². The number of nitrogens with zero attached hydrogens (tertiary/aromatic N) is 1. The Morgan fingerprint density at radius 3 is 2.66 bits per heavy atom. The van der Waals surface area contributed by atoms with Crippen LogP contribution in [-0.2, 0) is 4.79 Å². The van der Waals surface area contributed by atoms with Gasteiger partial charge in [0.15, 0.2) is 6.61 Å². The maximum atomic E-state index is 12.7. The minimum Gasteiger partial charge on any atom is -0.496 e. The maximum Gasteiger partial charge on any atom is 0.265 e. The van der Waals surface area contributed by atoms with Crippen molar-refractivity contribution in [3.05, 3.63) is 78.4 Å². The second-order valence-corrected chi connectivity index (χ2v) is 7.19. The van der Waals surface area contributed by atoms with Crippen LogP contribution in [0.2, 0.25) is 0 Å². The molecular weight excluding hydrogens is 408 g/mol. The summed E-state index contributed by atoms with van der Waals surface area (Å²) in [5.41, 5.74) is 1.68. The summed E-state index contributed by atoms with van der Waals surface area (Å²) in [6.07, 6.45) is 0.673. The van der Waals surface area contributed by atoms with Gasteiger partial charge in [0.05, 0.1) is 25.0 Å². The van der Waals surface area contributed by atoms with Crippen LogP contribution >= 0.6 is 0 Å². The van der Waals surface area contributed by atoms with E-state index in [0.29, 0.717) is 48.0 Å². The first kappa shape index (κ1) is 21.2. The molecule has 4 rings (SSSR count). The molecule has 164 valence electrons. The van der Waals surface area contributed by atoms with Gasteiger partial charge in [-0.15, -0.1) is 0 Å². The summed E-state index contributed by atoms with van der Waals surface area (Å²) in [6, 6.07) is 21.8. The fraction of sp³-hybridized carbons (Fsp3) is 0.200. The van der Waals surface area contributed by atoms with Crippen molar-refractivity contribution in [2.45, 2.75) is 6.42 Å². The first-order valence-electron chi connectivity index (χ1n) is 10.3. The maximum absolute atomic E-state index is 12.7. The van der Waals surface area contributed by atoms with Crippen LogP contribution in [0.25, 0.3) is 0 Å². The normalized spacial score (nSPS) is 12.5. The van der Waals surface area contributed by atoms with Gasteiger partial charge in [0.25, 0.3) is 11.8 Å². The average Bonchev–Trinajstić information content (AvgIpc) is 2.83. The van der Waals surface area contributed by atoms with Crippen molar-refractivity contribution < 1.29 is 23.8 Å². The molecule has 3 aromatic rings. The Morgan fingerprint density at radius 2 is 1.84 bits per heavy atom. The molecule has 0 spiro atoms. The summed E-state index contributed by atoms with van der Waals surface area (Å²) in [5.74, 6) is 1.45. The molecule has 0 saturated heterocycles. The average molecular weight is 432 g/mol. The monoisotopic (exact) mass is 432 g/mol. The molecule has 0 bridgehead atoms. The highest BCUT2D eigenvalue weighted by atomic mass is 16.5. The Hall–Kier alpha value is -4.00. The summed E-state index contributed by atoms with van der Waals surface area (Å²) < 4.78 is 16.6. The molecule has 3 aromatic carbocycles. The standard InChI is InChI=1S/C25H24N2O5/c1-30-22-11-6-5-10-20(22)25(29)26-18-12-13-21-23(16-18)32-17-24(28)27(21)14-7-15-31-19-8-3-2-4-9-19/h2-6,8-13,16H,7,14-15,17H2,1H3,(H,26,29). The van der Waals surface area contributed by atoms with Gasteiger partial charge in [-0.1, -0.05) is 30.3 Å². The minimum absolute atomic E-state index is 0.0452. The van der Waals surface area contributed by atoms with Crippen LogP contribution in [-0.4, -0.2) is 38.7 Å². The van der Waals surface area contributed by atoms with Crippen molar-refractivity contribution >= 4 is 23.2 Å². The van der Waals surface area contributed by atoms with Crippen molar-refractivity contribution in [1.29, 1.82) is 0 Å². The largest absolute Gasteiger partial charge is 0.496 e. The molecule has 7 heteroatoms. The third-order valence-corrected chi connectivity index (χ3v) is 5.05. The van der Waals surface area contributed by atoms with Crippen LogP contribution in [0.3, 0.4) is 0 Å². The van der Waals surface area contributed by atoms with Gasteiger partial charge in [0, 0.05) is 18.3 Å². The number of nitrogens with one attached hydrogen (secondary N) is 1. The molecular formula is C25H24N2O5. The van der Waals surface area contributed by atoms with Gasteiger partial charge in [-0.3, -0.25) is 9.59 Å². The van der Waals surface area contributed by atoms with Crippen molar-refractivity contribution in [1.82, 2.24) is 0 Å². The number of ether oxygens (including phenoxy) is 3. The zero-order valence-electron chi connectivity index (χ0n) is 17.7. The lowest BCUT2D eigenvalue weighted by Crippen LogP contribution is -2.39. The summed E-state index contributed by atoms with van der Waals surface area (Å²) in [7, 11) is 1.52. The first-order valence-corrected chi connectivity index (χ1v) is 10.3. The predicted molar refractivity (Wildman–Crippen MR) is 122 cm³/mol. The van der Waals surface area contributed by atoms with Gasteiger partial charge in [-0.2, -0.15) is 0 Å². The molecule has 7 nitrogen and oxygen atoms in total. The van der Waals surface area contributed by atoms with E-state index in [-0.39, 0.29) is 18.4 Å². The van der Waals surface area contributed by atoms with Crippen molar-refractivity contribution in [2.75, 3.05) is 37.1 Å². The van der Waals surface area contributed by atoms with Crippen LogP contribution in [0.1, 0.15) is 16.8 Å². The third kappa shape index (κ3) is 4.83. The number of rotatable bonds is 8. The molecule has 32 heavy (non-hydrogen) atoms. The molecule has 0 aliphatic carbocycles. The van der Waals surface area contributed by atoms with Crippen molar-refractivity contribution in [3.63, 3.8) is 0 Å². The van der Waals surface area contributed by atoms with Crippen molar-refractivity contribution in [3.8, 4) is 17.2 Å². The quantitative estimate of drug-likeness (QED) is 0.542. The van der Waals surface area contributed by atoms with E-state index >= 15 is 0 Å². The fourth-order valence-electron chi connectivity index (χ4n) is 3.49. The second kappa shape index (κ2) is 9.87. The van der Waals surface area contributed by atoms with Crippen LogP contribution in [0, 0.1) is 0 Å². The van der Waals surface area contributed by atoms with E-state index in [1.807, 2.05) is 30.3 Å². The fourth-order valence-corrected chi connectivity index (χ4v) is 3.49. The second-order valence-electron chi connectivity index (χ2n) is 7.19. The molecule has 0 radical (unpaired) electrons. The first-order chi connectivity index (χ1) is 15.7. The highest BCUT2D eigenvalue weighted by Gasteiger charge is 2.25. The van der Waals surface area contributed by atoms with Crippen LogP contribution in [0.15, 0.2) is 72.8 Å². The van der Waals surface area contributed by atoms with E-state index in [4.69, 9.17) is 14.2 Å². The van der Waals surface area contributed by atoms with E-state index < -0.39 is 0 Å². The third-order valence-electron chi connectivity index (χ3n) is 5.05. The van der Waals surface area contributed by atoms with Gasteiger partial charge in [-0.25, -0.2) is 0 Å². The Kier molecular flexibility index (Phi) is 6.55. The van der Waals surface area contributed by atoms with Gasteiger partial charge in [-0.05, 0) is 42.8 Å². The summed E-state index contributed by atoms with van der Waals surface area (Å²) in [5, 5.41) is 2.86. The highest BCUT2D eigenvalue weighted by molar-refractivity contribution is 6.06.